The summed E-state index contributed by atoms with van der Waals surface area (Å²) in [6.45, 7) is 5.81. The summed E-state index contributed by atoms with van der Waals surface area (Å²) in [7, 11) is 0. The third kappa shape index (κ3) is 3.33. The third-order valence-electron chi connectivity index (χ3n) is 3.50. The van der Waals surface area contributed by atoms with E-state index in [1.165, 1.54) is 6.07 Å². The van der Waals surface area contributed by atoms with E-state index in [1.807, 2.05) is 4.90 Å². The highest BCUT2D eigenvalue weighted by molar-refractivity contribution is 5.59. The Morgan fingerprint density at radius 1 is 1.11 bits per heavy atom. The number of alkyl halides is 3. The molecular formula is C14H19F3N2. The van der Waals surface area contributed by atoms with Gasteiger partial charge in [-0.05, 0) is 36.5 Å². The normalized spacial score (nSPS) is 24.6. The molecule has 0 spiro atoms. The molecule has 5 heteroatoms. The lowest BCUT2D eigenvalue weighted by Gasteiger charge is -2.37. The van der Waals surface area contributed by atoms with Crippen LogP contribution >= 0.6 is 0 Å². The minimum Gasteiger partial charge on any atom is -0.399 e. The van der Waals surface area contributed by atoms with E-state index in [9.17, 15) is 13.2 Å². The molecule has 2 N–H and O–H groups in total. The Hall–Kier alpha value is -1.39. The van der Waals surface area contributed by atoms with Crippen LogP contribution in [0.3, 0.4) is 0 Å². The number of benzene rings is 1. The van der Waals surface area contributed by atoms with E-state index in [1.54, 1.807) is 6.07 Å². The molecule has 0 unspecified atom stereocenters. The third-order valence-corrected chi connectivity index (χ3v) is 3.50. The van der Waals surface area contributed by atoms with Gasteiger partial charge in [-0.1, -0.05) is 13.8 Å². The second-order valence-electron chi connectivity index (χ2n) is 5.66. The zero-order chi connectivity index (χ0) is 14.2. The summed E-state index contributed by atoms with van der Waals surface area (Å²) >= 11 is 0. The van der Waals surface area contributed by atoms with Crippen molar-refractivity contribution in [2.75, 3.05) is 23.7 Å². The van der Waals surface area contributed by atoms with Crippen LogP contribution in [-0.4, -0.2) is 13.1 Å². The number of piperidine rings is 1. The van der Waals surface area contributed by atoms with E-state index < -0.39 is 11.7 Å². The van der Waals surface area contributed by atoms with Gasteiger partial charge in [0.2, 0.25) is 0 Å². The molecule has 0 amide bonds. The van der Waals surface area contributed by atoms with Crippen molar-refractivity contribution in [2.24, 2.45) is 11.8 Å². The van der Waals surface area contributed by atoms with Crippen molar-refractivity contribution in [3.63, 3.8) is 0 Å². The first-order valence-electron chi connectivity index (χ1n) is 6.48. The van der Waals surface area contributed by atoms with Crippen LogP contribution in [-0.2, 0) is 6.18 Å². The fourth-order valence-electron chi connectivity index (χ4n) is 2.85. The van der Waals surface area contributed by atoms with Crippen molar-refractivity contribution in [3.8, 4) is 0 Å². The Labute approximate surface area is 111 Å². The van der Waals surface area contributed by atoms with E-state index in [0.717, 1.165) is 25.6 Å². The first kappa shape index (κ1) is 14.0. The number of hydrogen-bond donors (Lipinski definition) is 1. The smallest absolute Gasteiger partial charge is 0.399 e. The first-order chi connectivity index (χ1) is 8.75. The molecule has 2 atom stereocenters. The van der Waals surface area contributed by atoms with Crippen molar-refractivity contribution in [1.29, 1.82) is 0 Å². The minimum atomic E-state index is -4.35. The molecule has 1 saturated heterocycles. The molecule has 2 nitrogen and oxygen atoms in total. The fourth-order valence-corrected chi connectivity index (χ4v) is 2.85. The first-order valence-corrected chi connectivity index (χ1v) is 6.48. The maximum Gasteiger partial charge on any atom is 0.416 e. The predicted octanol–water partition coefficient (Wildman–Crippen LogP) is 3.77. The van der Waals surface area contributed by atoms with E-state index in [-0.39, 0.29) is 5.69 Å². The topological polar surface area (TPSA) is 29.3 Å². The van der Waals surface area contributed by atoms with Crippen LogP contribution in [0.15, 0.2) is 18.2 Å². The number of nitrogens with two attached hydrogens (primary N) is 1. The molecule has 0 bridgehead atoms. The lowest BCUT2D eigenvalue weighted by atomic mass is 9.91. The van der Waals surface area contributed by atoms with E-state index >= 15 is 0 Å². The van der Waals surface area contributed by atoms with Gasteiger partial charge in [-0.15, -0.1) is 0 Å². The summed E-state index contributed by atoms with van der Waals surface area (Å²) in [6.07, 6.45) is -3.23. The Kier molecular flexibility index (Phi) is 3.65. The van der Waals surface area contributed by atoms with Crippen molar-refractivity contribution in [2.45, 2.75) is 26.4 Å². The van der Waals surface area contributed by atoms with E-state index in [2.05, 4.69) is 13.8 Å². The largest absolute Gasteiger partial charge is 0.416 e. The highest BCUT2D eigenvalue weighted by Crippen LogP contribution is 2.35. The molecule has 106 valence electrons. The molecular weight excluding hydrogens is 253 g/mol. The quantitative estimate of drug-likeness (QED) is 0.788. The van der Waals surface area contributed by atoms with E-state index in [0.29, 0.717) is 17.5 Å². The summed E-state index contributed by atoms with van der Waals surface area (Å²) in [5.41, 5.74) is 5.67. The van der Waals surface area contributed by atoms with Crippen LogP contribution in [0.1, 0.15) is 25.8 Å². The molecule has 0 aliphatic carbocycles. The van der Waals surface area contributed by atoms with Gasteiger partial charge in [-0.3, -0.25) is 0 Å². The highest BCUT2D eigenvalue weighted by Gasteiger charge is 2.32. The Balaban J connectivity index is 2.31. The molecule has 0 aromatic heterocycles. The molecule has 1 aliphatic rings. The van der Waals surface area contributed by atoms with Crippen LogP contribution in [0.4, 0.5) is 24.5 Å². The maximum absolute atomic E-state index is 12.8. The van der Waals surface area contributed by atoms with Crippen LogP contribution in [0.5, 0.6) is 0 Å². The Morgan fingerprint density at radius 3 is 2.21 bits per heavy atom. The molecule has 2 rings (SSSR count). The number of anilines is 2. The van der Waals surface area contributed by atoms with Crippen molar-refractivity contribution < 1.29 is 13.2 Å². The predicted molar refractivity (Wildman–Crippen MR) is 71.0 cm³/mol. The van der Waals surface area contributed by atoms with Gasteiger partial charge in [0.25, 0.3) is 0 Å². The van der Waals surface area contributed by atoms with Gasteiger partial charge in [-0.2, -0.15) is 13.2 Å². The second kappa shape index (κ2) is 4.94. The van der Waals surface area contributed by atoms with Gasteiger partial charge in [0.05, 0.1) is 5.56 Å². The number of rotatable bonds is 1. The molecule has 1 aromatic rings. The number of nitrogen functional groups attached to an aromatic ring is 1. The van der Waals surface area contributed by atoms with Gasteiger partial charge >= 0.3 is 6.18 Å². The second-order valence-corrected chi connectivity index (χ2v) is 5.66. The molecule has 1 aliphatic heterocycles. The zero-order valence-electron chi connectivity index (χ0n) is 11.2. The zero-order valence-corrected chi connectivity index (χ0v) is 11.2. The summed E-state index contributed by atoms with van der Waals surface area (Å²) in [4.78, 5) is 2.00. The number of halogens is 3. The van der Waals surface area contributed by atoms with Crippen LogP contribution < -0.4 is 10.6 Å². The van der Waals surface area contributed by atoms with Crippen LogP contribution in [0.25, 0.3) is 0 Å². The molecule has 1 heterocycles. The maximum atomic E-state index is 12.8. The van der Waals surface area contributed by atoms with Gasteiger partial charge in [0.1, 0.15) is 0 Å². The standard InChI is InChI=1S/C14H19F3N2/c1-9-3-10(2)8-19(7-9)13-5-11(14(15,16)17)4-12(18)6-13/h4-6,9-10H,3,7-8,18H2,1-2H3/t9-,10+. The summed E-state index contributed by atoms with van der Waals surface area (Å²) < 4.78 is 38.4. The van der Waals surface area contributed by atoms with Gasteiger partial charge in [-0.25, -0.2) is 0 Å². The molecule has 0 saturated carbocycles. The van der Waals surface area contributed by atoms with Gasteiger partial charge in [0, 0.05) is 24.5 Å². The summed E-state index contributed by atoms with van der Waals surface area (Å²) in [6, 6.07) is 3.81. The average Bonchev–Trinajstić information content (AvgIpc) is 2.25. The monoisotopic (exact) mass is 272 g/mol. The lowest BCUT2D eigenvalue weighted by Crippen LogP contribution is -2.38. The average molecular weight is 272 g/mol. The Bertz CT molecular complexity index is 446. The molecule has 1 fully saturated rings. The van der Waals surface area contributed by atoms with Crippen LogP contribution in [0, 0.1) is 11.8 Å². The van der Waals surface area contributed by atoms with Gasteiger partial charge < -0.3 is 10.6 Å². The van der Waals surface area contributed by atoms with Gasteiger partial charge in [0.15, 0.2) is 0 Å². The molecule has 0 radical (unpaired) electrons. The minimum absolute atomic E-state index is 0.163. The lowest BCUT2D eigenvalue weighted by molar-refractivity contribution is -0.137. The fraction of sp³-hybridized carbons (Fsp3) is 0.571. The Morgan fingerprint density at radius 2 is 1.68 bits per heavy atom. The molecule has 1 aromatic carbocycles. The highest BCUT2D eigenvalue weighted by atomic mass is 19.4. The summed E-state index contributed by atoms with van der Waals surface area (Å²) in [5.74, 6) is 0.971. The number of nitrogens with zero attached hydrogens (tertiary/aromatic N) is 1. The SMILES string of the molecule is C[C@@H]1C[C@H](C)CN(c2cc(N)cc(C(F)(F)F)c2)C1. The van der Waals surface area contributed by atoms with Crippen molar-refractivity contribution >= 4 is 11.4 Å². The van der Waals surface area contributed by atoms with Crippen molar-refractivity contribution in [3.05, 3.63) is 23.8 Å². The van der Waals surface area contributed by atoms with Crippen molar-refractivity contribution in [1.82, 2.24) is 0 Å². The van der Waals surface area contributed by atoms with E-state index in [4.69, 9.17) is 5.73 Å². The van der Waals surface area contributed by atoms with Crippen LogP contribution in [0.2, 0.25) is 0 Å². The number of hydrogen-bond acceptors (Lipinski definition) is 2. The molecule has 19 heavy (non-hydrogen) atoms. The summed E-state index contributed by atoms with van der Waals surface area (Å²) in [5, 5.41) is 0.